The number of hydrogen-bond donors (Lipinski definition) is 1. The molecule has 2 aromatic rings. The molecule has 1 aliphatic heterocycles. The number of ketones is 1. The lowest BCUT2D eigenvalue weighted by Gasteiger charge is -2.17. The summed E-state index contributed by atoms with van der Waals surface area (Å²) in [5, 5.41) is 0.433. The van der Waals surface area contributed by atoms with Crippen LogP contribution >= 0.6 is 0 Å². The highest BCUT2D eigenvalue weighted by atomic mass is 32.2. The van der Waals surface area contributed by atoms with E-state index in [-0.39, 0.29) is 41.7 Å². The number of Topliss-reactive ketones (excluding diaryl/α,β-unsaturated/α-hetero) is 1. The Morgan fingerprint density at radius 2 is 1.85 bits per heavy atom. The number of benzene rings is 1. The molecule has 0 saturated carbocycles. The van der Waals surface area contributed by atoms with Crippen molar-refractivity contribution in [2.75, 3.05) is 13.0 Å². The third-order valence-electron chi connectivity index (χ3n) is 5.53. The summed E-state index contributed by atoms with van der Waals surface area (Å²) in [6.45, 7) is 15.5. The van der Waals surface area contributed by atoms with E-state index in [9.17, 15) is 22.0 Å². The number of allylic oxidation sites excluding steroid dienone is 9. The van der Waals surface area contributed by atoms with Crippen LogP contribution in [-0.2, 0) is 21.4 Å². The molecule has 1 aromatic heterocycles. The van der Waals surface area contributed by atoms with Crippen LogP contribution in [0.1, 0.15) is 45.9 Å². The molecular weight excluding hydrogens is 526 g/mol. The quantitative estimate of drug-likeness (QED) is 0.257. The third kappa shape index (κ3) is 7.14. The zero-order chi connectivity index (χ0) is 29.5. The Hall–Kier alpha value is -3.92. The van der Waals surface area contributed by atoms with Crippen LogP contribution in [0.4, 0.5) is 8.78 Å². The first-order valence-corrected chi connectivity index (χ1v) is 14.1. The molecule has 0 unspecified atom stereocenters. The average Bonchev–Trinajstić information content (AvgIpc) is 3.46. The van der Waals surface area contributed by atoms with Crippen LogP contribution < -0.4 is 14.2 Å². The smallest absolute Gasteiger partial charge is 0.231 e. The van der Waals surface area contributed by atoms with Crippen molar-refractivity contribution in [2.45, 2.75) is 41.2 Å². The Morgan fingerprint density at radius 3 is 2.38 bits per heavy atom. The first-order valence-electron chi connectivity index (χ1n) is 12.2. The van der Waals surface area contributed by atoms with Crippen LogP contribution in [0.25, 0.3) is 22.2 Å². The van der Waals surface area contributed by atoms with Crippen molar-refractivity contribution in [3.05, 3.63) is 84.2 Å². The number of fused-ring (bicyclic) bond motifs is 3. The largest absolute Gasteiger partial charge is 0.454 e. The van der Waals surface area contributed by atoms with Crippen molar-refractivity contribution in [1.29, 1.82) is 0 Å². The standard InChI is InChI=1S/C27H28F2N2O5S.C2H6/c1-7-9-10-21(18(5)32)24-25-22(11-12-23-27(25)36-15-35-23)31(26(24)17(4)30-37(6,33)34)14-19(16(3)28)13-20(29)8-2;1-2/h7-13,30H,3-4,14-15H2,1-2,5-6H3;1-2H3/b9-7-,19-13-,20-8+,21-10+;. The van der Waals surface area contributed by atoms with Crippen LogP contribution in [0.5, 0.6) is 11.5 Å². The second-order valence-electron chi connectivity index (χ2n) is 8.27. The predicted molar refractivity (Wildman–Crippen MR) is 153 cm³/mol. The fourth-order valence-electron chi connectivity index (χ4n) is 4.01. The number of aromatic nitrogens is 1. The zero-order valence-corrected chi connectivity index (χ0v) is 23.8. The fraction of sp³-hybridized carbons (Fsp3) is 0.276. The van der Waals surface area contributed by atoms with E-state index >= 15 is 0 Å². The minimum atomic E-state index is -3.80. The van der Waals surface area contributed by atoms with E-state index in [4.69, 9.17) is 9.47 Å². The van der Waals surface area contributed by atoms with Gasteiger partial charge in [0.2, 0.25) is 16.8 Å². The van der Waals surface area contributed by atoms with Crippen LogP contribution in [-0.4, -0.2) is 31.8 Å². The second kappa shape index (κ2) is 13.2. The number of sulfonamides is 1. The maximum Gasteiger partial charge on any atom is 0.231 e. The molecule has 1 N–H and O–H groups in total. The van der Waals surface area contributed by atoms with Gasteiger partial charge in [0.05, 0.1) is 35.1 Å². The van der Waals surface area contributed by atoms with Crippen LogP contribution in [0.2, 0.25) is 0 Å². The van der Waals surface area contributed by atoms with Crippen molar-refractivity contribution in [1.82, 2.24) is 9.29 Å². The van der Waals surface area contributed by atoms with E-state index in [0.717, 1.165) is 12.3 Å². The lowest BCUT2D eigenvalue weighted by Crippen LogP contribution is -2.22. The van der Waals surface area contributed by atoms with Gasteiger partial charge in [-0.2, -0.15) is 0 Å². The summed E-state index contributed by atoms with van der Waals surface area (Å²) in [7, 11) is -3.80. The topological polar surface area (TPSA) is 86.6 Å². The summed E-state index contributed by atoms with van der Waals surface area (Å²) in [5.74, 6) is -1.15. The van der Waals surface area contributed by atoms with Gasteiger partial charge in [-0.1, -0.05) is 51.3 Å². The summed E-state index contributed by atoms with van der Waals surface area (Å²) in [6.07, 6.45) is 8.09. The highest BCUT2D eigenvalue weighted by molar-refractivity contribution is 7.89. The Bertz CT molecular complexity index is 1530. The number of nitrogens with one attached hydrogen (secondary N) is 1. The molecule has 39 heavy (non-hydrogen) atoms. The van der Waals surface area contributed by atoms with Gasteiger partial charge in [-0.25, -0.2) is 17.2 Å². The highest BCUT2D eigenvalue weighted by Crippen LogP contribution is 2.47. The van der Waals surface area contributed by atoms with Gasteiger partial charge in [0.1, 0.15) is 11.7 Å². The Kier molecular flexibility index (Phi) is 10.6. The maximum atomic E-state index is 14.5. The predicted octanol–water partition coefficient (Wildman–Crippen LogP) is 6.75. The number of hydrogen-bond acceptors (Lipinski definition) is 5. The summed E-state index contributed by atoms with van der Waals surface area (Å²) in [5.41, 5.74) is 0.965. The Morgan fingerprint density at radius 1 is 1.18 bits per heavy atom. The van der Waals surface area contributed by atoms with E-state index < -0.39 is 21.7 Å². The van der Waals surface area contributed by atoms with Gasteiger partial charge in [0.15, 0.2) is 17.3 Å². The van der Waals surface area contributed by atoms with Gasteiger partial charge in [0.25, 0.3) is 0 Å². The maximum absolute atomic E-state index is 14.5. The van der Waals surface area contributed by atoms with Gasteiger partial charge >= 0.3 is 0 Å². The second-order valence-corrected chi connectivity index (χ2v) is 10.0. The van der Waals surface area contributed by atoms with Gasteiger partial charge < -0.3 is 14.0 Å². The fourth-order valence-corrected chi connectivity index (χ4v) is 4.56. The normalized spacial score (nSPS) is 13.9. The van der Waals surface area contributed by atoms with E-state index in [2.05, 4.69) is 17.9 Å². The van der Waals surface area contributed by atoms with Crippen LogP contribution in [0.3, 0.4) is 0 Å². The molecule has 0 amide bonds. The van der Waals surface area contributed by atoms with Gasteiger partial charge in [-0.3, -0.25) is 9.52 Å². The van der Waals surface area contributed by atoms with Gasteiger partial charge in [-0.05, 0) is 39.0 Å². The van der Waals surface area contributed by atoms with Gasteiger partial charge in [0, 0.05) is 16.7 Å². The molecule has 0 aliphatic carbocycles. The number of rotatable bonds is 10. The van der Waals surface area contributed by atoms with Gasteiger partial charge in [-0.15, -0.1) is 0 Å². The molecule has 2 heterocycles. The number of carbonyl (C=O) groups excluding carboxylic acids is 1. The Balaban J connectivity index is 0.00000260. The van der Waals surface area contributed by atoms with Crippen molar-refractivity contribution >= 4 is 38.0 Å². The number of nitrogens with zero attached hydrogens (tertiary/aromatic N) is 1. The molecule has 0 radical (unpaired) electrons. The molecular formula is C29H34F2N2O5S. The van der Waals surface area contributed by atoms with E-state index in [1.807, 2.05) is 13.8 Å². The van der Waals surface area contributed by atoms with E-state index in [1.54, 1.807) is 41.9 Å². The number of ether oxygens (including phenoxy) is 2. The van der Waals surface area contributed by atoms with E-state index in [1.165, 1.54) is 19.9 Å². The summed E-state index contributed by atoms with van der Waals surface area (Å²) in [6, 6.07) is 3.31. The lowest BCUT2D eigenvalue weighted by atomic mass is 9.96. The molecule has 0 spiro atoms. The zero-order valence-electron chi connectivity index (χ0n) is 23.0. The van der Waals surface area contributed by atoms with Crippen molar-refractivity contribution in [3.63, 3.8) is 0 Å². The summed E-state index contributed by atoms with van der Waals surface area (Å²) in [4.78, 5) is 12.9. The van der Waals surface area contributed by atoms with Crippen molar-refractivity contribution < 1.29 is 31.5 Å². The first kappa shape index (κ1) is 31.3. The van der Waals surface area contributed by atoms with Crippen molar-refractivity contribution in [3.8, 4) is 11.5 Å². The van der Waals surface area contributed by atoms with Crippen molar-refractivity contribution in [2.24, 2.45) is 0 Å². The van der Waals surface area contributed by atoms with Crippen LogP contribution in [0, 0.1) is 0 Å². The molecule has 10 heteroatoms. The molecule has 210 valence electrons. The summed E-state index contributed by atoms with van der Waals surface area (Å²) >= 11 is 0. The molecule has 7 nitrogen and oxygen atoms in total. The molecule has 1 aliphatic rings. The number of halogens is 2. The summed E-state index contributed by atoms with van der Waals surface area (Å²) < 4.78 is 68.2. The average molecular weight is 561 g/mol. The van der Waals surface area contributed by atoms with E-state index in [0.29, 0.717) is 28.0 Å². The highest BCUT2D eigenvalue weighted by Gasteiger charge is 2.31. The minimum absolute atomic E-state index is 0.0656. The molecule has 0 fully saturated rings. The molecule has 3 rings (SSSR count). The molecule has 0 saturated heterocycles. The third-order valence-corrected chi connectivity index (χ3v) is 6.15. The monoisotopic (exact) mass is 560 g/mol. The number of carbonyl (C=O) groups is 1. The molecule has 1 aromatic carbocycles. The Labute approximate surface area is 228 Å². The first-order chi connectivity index (χ1) is 18.4. The molecule has 0 bridgehead atoms. The lowest BCUT2D eigenvalue weighted by molar-refractivity contribution is -0.111. The van der Waals surface area contributed by atoms with Crippen LogP contribution in [0.15, 0.2) is 72.9 Å². The molecule has 0 atom stereocenters. The SMILES string of the molecule is C=C(F)/C(=C\C(F)=C/C)Cn1c(C(=C)NS(C)(=O)=O)c(/C(=C/C=C\C)C(C)=O)c2c3c(ccc21)OCO3.CC. The minimum Gasteiger partial charge on any atom is -0.454 e.